The largest absolute Gasteiger partial charge is 0.456 e. The molecule has 1 aromatic heterocycles. The van der Waals surface area contributed by atoms with Gasteiger partial charge in [0.1, 0.15) is 11.2 Å². The van der Waals surface area contributed by atoms with E-state index in [1.54, 1.807) is 0 Å². The van der Waals surface area contributed by atoms with Crippen molar-refractivity contribution in [2.24, 2.45) is 5.92 Å². The summed E-state index contributed by atoms with van der Waals surface area (Å²) in [7, 11) is 0. The van der Waals surface area contributed by atoms with E-state index in [-0.39, 0.29) is 12.1 Å². The van der Waals surface area contributed by atoms with Crippen molar-refractivity contribution >= 4 is 66.1 Å². The summed E-state index contributed by atoms with van der Waals surface area (Å²) in [6.07, 6.45) is 21.9. The molecule has 3 unspecified atom stereocenters. The maximum Gasteiger partial charge on any atom is 0.138 e. The van der Waals surface area contributed by atoms with Crippen LogP contribution in [0.25, 0.3) is 60.2 Å². The van der Waals surface area contributed by atoms with E-state index in [0.29, 0.717) is 5.92 Å². The maximum absolute atomic E-state index is 6.82. The number of nitrogens with zero attached hydrogens (tertiary/aromatic N) is 2. The van der Waals surface area contributed by atoms with E-state index in [9.17, 15) is 0 Å². The van der Waals surface area contributed by atoms with Gasteiger partial charge in [-0.1, -0.05) is 164 Å². The lowest BCUT2D eigenvalue weighted by atomic mass is 9.84. The van der Waals surface area contributed by atoms with Crippen molar-refractivity contribution in [3.8, 4) is 11.1 Å². The molecular formula is C54H38N2O. The van der Waals surface area contributed by atoms with Crippen molar-refractivity contribution in [3.63, 3.8) is 0 Å². The number of rotatable bonds is 5. The third-order valence-corrected chi connectivity index (χ3v) is 12.4. The molecule has 3 atom stereocenters. The second-order valence-electron chi connectivity index (χ2n) is 15.5. The molecule has 2 heterocycles. The highest BCUT2D eigenvalue weighted by atomic mass is 16.3. The Bertz CT molecular complexity index is 3120. The summed E-state index contributed by atoms with van der Waals surface area (Å²) in [6.45, 7) is 0. The molecule has 0 spiro atoms. The van der Waals surface area contributed by atoms with E-state index < -0.39 is 0 Å². The van der Waals surface area contributed by atoms with Gasteiger partial charge in [0.25, 0.3) is 0 Å². The lowest BCUT2D eigenvalue weighted by Gasteiger charge is -2.43. The van der Waals surface area contributed by atoms with Gasteiger partial charge in [-0.2, -0.15) is 0 Å². The van der Waals surface area contributed by atoms with E-state index in [1.807, 2.05) is 0 Å². The van der Waals surface area contributed by atoms with Gasteiger partial charge >= 0.3 is 0 Å². The number of furan rings is 1. The van der Waals surface area contributed by atoms with Crippen molar-refractivity contribution in [3.05, 3.63) is 217 Å². The average Bonchev–Trinajstić information content (AvgIpc) is 3.82. The van der Waals surface area contributed by atoms with Gasteiger partial charge in [0, 0.05) is 50.7 Å². The molecule has 3 heteroatoms. The normalized spacial score (nSPS) is 19.4. The molecule has 0 N–H and O–H groups in total. The highest BCUT2D eigenvalue weighted by Gasteiger charge is 2.46. The second kappa shape index (κ2) is 12.7. The topological polar surface area (TPSA) is 19.6 Å². The minimum absolute atomic E-state index is 0.0561. The highest BCUT2D eigenvalue weighted by Crippen LogP contribution is 2.57. The molecule has 0 amide bonds. The minimum Gasteiger partial charge on any atom is -0.456 e. The predicted molar refractivity (Wildman–Crippen MR) is 239 cm³/mol. The van der Waals surface area contributed by atoms with Gasteiger partial charge in [-0.15, -0.1) is 0 Å². The first kappa shape index (κ1) is 32.2. The number of benzene rings is 7. The Labute approximate surface area is 331 Å². The SMILES string of the molecule is C1=CC2=CC(N(c3ccccc3)C3C=CC=C4c5c(cc6oc7ccccc7c6c5-c5ccccc5)N(c5cc6ccccc6c6ccccc56)C43)=CCC2C=C1. The molecule has 0 fully saturated rings. The number of para-hydroxylation sites is 2. The number of hydrogen-bond acceptors (Lipinski definition) is 3. The summed E-state index contributed by atoms with van der Waals surface area (Å²) in [5.74, 6) is 0.406. The van der Waals surface area contributed by atoms with Crippen molar-refractivity contribution in [2.45, 2.75) is 18.5 Å². The molecule has 3 nitrogen and oxygen atoms in total. The van der Waals surface area contributed by atoms with Crippen LogP contribution in [0, 0.1) is 5.92 Å². The molecular weight excluding hydrogens is 693 g/mol. The zero-order valence-electron chi connectivity index (χ0n) is 31.3. The van der Waals surface area contributed by atoms with E-state index >= 15 is 0 Å². The third kappa shape index (κ3) is 4.92. The standard InChI is InChI=1S/C54H38N2O/c1-3-17-36(18-4-1)51-52-45-27-15-28-46(55(39-21-5-2-6-22-39)40-31-30-35-16-7-8-19-37(35)32-40)54(45)56(48(52)34-50-53(51)44-26-13-14-29-49(44)57-50)47-33-38-20-9-10-23-41(38)42-24-11-12-25-43(42)47/h1-29,31-35,46,54H,30H2. The zero-order valence-corrected chi connectivity index (χ0v) is 31.3. The third-order valence-electron chi connectivity index (χ3n) is 12.4. The highest BCUT2D eigenvalue weighted by molar-refractivity contribution is 6.21. The molecule has 3 aliphatic carbocycles. The molecule has 0 saturated carbocycles. The van der Waals surface area contributed by atoms with E-state index in [4.69, 9.17) is 4.42 Å². The van der Waals surface area contributed by atoms with Gasteiger partial charge in [-0.05, 0) is 69.6 Å². The van der Waals surface area contributed by atoms with E-state index in [2.05, 4.69) is 210 Å². The fraction of sp³-hybridized carbons (Fsp3) is 0.0741. The van der Waals surface area contributed by atoms with Crippen LogP contribution in [-0.4, -0.2) is 12.1 Å². The Morgan fingerprint density at radius 1 is 0.596 bits per heavy atom. The molecule has 270 valence electrons. The van der Waals surface area contributed by atoms with Crippen LogP contribution in [-0.2, 0) is 0 Å². The van der Waals surface area contributed by atoms with Crippen molar-refractivity contribution in [1.29, 1.82) is 0 Å². The zero-order chi connectivity index (χ0) is 37.5. The van der Waals surface area contributed by atoms with Crippen LogP contribution in [0.2, 0.25) is 0 Å². The lowest BCUT2D eigenvalue weighted by molar-refractivity contribution is 0.661. The van der Waals surface area contributed by atoms with Crippen LogP contribution in [0.3, 0.4) is 0 Å². The van der Waals surface area contributed by atoms with Gasteiger partial charge in [-0.3, -0.25) is 0 Å². The fourth-order valence-corrected chi connectivity index (χ4v) is 10.0. The lowest BCUT2D eigenvalue weighted by Crippen LogP contribution is -2.49. The van der Waals surface area contributed by atoms with E-state index in [1.165, 1.54) is 66.5 Å². The van der Waals surface area contributed by atoms with E-state index in [0.717, 1.165) is 34.0 Å². The predicted octanol–water partition coefficient (Wildman–Crippen LogP) is 13.9. The molecule has 1 aliphatic heterocycles. The summed E-state index contributed by atoms with van der Waals surface area (Å²) in [5, 5.41) is 7.27. The summed E-state index contributed by atoms with van der Waals surface area (Å²) in [6, 6.07) is 52.8. The minimum atomic E-state index is -0.0752. The number of anilines is 3. The Balaban J connectivity index is 1.18. The van der Waals surface area contributed by atoms with Crippen molar-refractivity contribution in [2.75, 3.05) is 9.80 Å². The molecule has 4 aliphatic rings. The smallest absolute Gasteiger partial charge is 0.138 e. The molecule has 57 heavy (non-hydrogen) atoms. The fourth-order valence-electron chi connectivity index (χ4n) is 10.0. The molecule has 7 aromatic carbocycles. The number of fused-ring (bicyclic) bond motifs is 10. The first-order valence-electron chi connectivity index (χ1n) is 20.0. The van der Waals surface area contributed by atoms with Crippen LogP contribution < -0.4 is 9.80 Å². The quantitative estimate of drug-likeness (QED) is 0.164. The Kier molecular flexibility index (Phi) is 7.18. The van der Waals surface area contributed by atoms with Gasteiger partial charge < -0.3 is 14.2 Å². The first-order valence-corrected chi connectivity index (χ1v) is 20.0. The number of allylic oxidation sites excluding steroid dienone is 9. The molecule has 8 aromatic rings. The molecule has 0 saturated heterocycles. The van der Waals surface area contributed by atoms with Crippen molar-refractivity contribution in [1.82, 2.24) is 0 Å². The average molecular weight is 731 g/mol. The van der Waals surface area contributed by atoms with Crippen LogP contribution in [0.4, 0.5) is 17.1 Å². The van der Waals surface area contributed by atoms with Crippen LogP contribution in [0.5, 0.6) is 0 Å². The second-order valence-corrected chi connectivity index (χ2v) is 15.5. The first-order chi connectivity index (χ1) is 28.3. The molecule has 0 radical (unpaired) electrons. The summed E-state index contributed by atoms with van der Waals surface area (Å²) in [4.78, 5) is 5.25. The summed E-state index contributed by atoms with van der Waals surface area (Å²) in [5.41, 5.74) is 12.9. The Morgan fingerprint density at radius 3 is 2.19 bits per heavy atom. The van der Waals surface area contributed by atoms with Gasteiger partial charge in [0.15, 0.2) is 0 Å². The van der Waals surface area contributed by atoms with Crippen LogP contribution in [0.15, 0.2) is 216 Å². The molecule has 12 rings (SSSR count). The van der Waals surface area contributed by atoms with Gasteiger partial charge in [0.05, 0.1) is 23.5 Å². The number of hydrogen-bond donors (Lipinski definition) is 0. The van der Waals surface area contributed by atoms with Crippen LogP contribution in [0.1, 0.15) is 12.0 Å². The van der Waals surface area contributed by atoms with Gasteiger partial charge in [-0.25, -0.2) is 0 Å². The van der Waals surface area contributed by atoms with Crippen molar-refractivity contribution < 1.29 is 4.42 Å². The van der Waals surface area contributed by atoms with Crippen LogP contribution >= 0.6 is 0 Å². The Morgan fingerprint density at radius 2 is 1.33 bits per heavy atom. The monoisotopic (exact) mass is 730 g/mol. The summed E-state index contributed by atoms with van der Waals surface area (Å²) >= 11 is 0. The Hall–Kier alpha value is -7.10. The maximum atomic E-state index is 6.82. The summed E-state index contributed by atoms with van der Waals surface area (Å²) < 4.78 is 6.82. The van der Waals surface area contributed by atoms with Gasteiger partial charge in [0.2, 0.25) is 0 Å². The molecule has 0 bridgehead atoms.